The van der Waals surface area contributed by atoms with E-state index in [4.69, 9.17) is 9.15 Å². The third-order valence-corrected chi connectivity index (χ3v) is 3.48. The summed E-state index contributed by atoms with van der Waals surface area (Å²) in [5.74, 6) is 2.51. The quantitative estimate of drug-likeness (QED) is 0.844. The summed E-state index contributed by atoms with van der Waals surface area (Å²) in [7, 11) is 0. The van der Waals surface area contributed by atoms with Crippen molar-refractivity contribution in [3.63, 3.8) is 0 Å². The summed E-state index contributed by atoms with van der Waals surface area (Å²) in [6.45, 7) is 4.50. The molecule has 0 bridgehead atoms. The maximum Gasteiger partial charge on any atom is 0.223 e. The minimum atomic E-state index is 0.158. The van der Waals surface area contributed by atoms with Gasteiger partial charge in [-0.25, -0.2) is 0 Å². The molecule has 1 aromatic carbocycles. The van der Waals surface area contributed by atoms with Gasteiger partial charge < -0.3 is 14.5 Å². The standard InChI is InChI=1S/C15H19N3O2/c1-2-16-8-7-14-17-18-15(20-14)12-9-11-5-3-4-6-13(11)19-10-12/h3-6,12,16H,2,7-10H2,1H3. The number of likely N-dealkylation sites (N-methyl/N-ethyl adjacent to an activating group) is 1. The molecule has 0 saturated heterocycles. The van der Waals surface area contributed by atoms with Crippen molar-refractivity contribution in [2.75, 3.05) is 19.7 Å². The van der Waals surface area contributed by atoms with Crippen molar-refractivity contribution in [1.82, 2.24) is 15.5 Å². The summed E-state index contributed by atoms with van der Waals surface area (Å²) in [6.07, 6.45) is 1.66. The van der Waals surface area contributed by atoms with Crippen molar-refractivity contribution in [2.24, 2.45) is 0 Å². The molecule has 3 rings (SSSR count). The predicted octanol–water partition coefficient (Wildman–Crippen LogP) is 1.94. The lowest BCUT2D eigenvalue weighted by molar-refractivity contribution is 0.239. The van der Waals surface area contributed by atoms with E-state index in [0.29, 0.717) is 18.4 Å². The van der Waals surface area contributed by atoms with Crippen LogP contribution in [-0.2, 0) is 12.8 Å². The van der Waals surface area contributed by atoms with Crippen molar-refractivity contribution < 1.29 is 9.15 Å². The lowest BCUT2D eigenvalue weighted by Gasteiger charge is -2.22. The van der Waals surface area contributed by atoms with Crippen LogP contribution >= 0.6 is 0 Å². The van der Waals surface area contributed by atoms with Gasteiger partial charge in [0.05, 0.1) is 5.92 Å². The number of ether oxygens (including phenoxy) is 1. The minimum Gasteiger partial charge on any atom is -0.492 e. The fourth-order valence-electron chi connectivity index (χ4n) is 2.39. The molecular formula is C15H19N3O2. The Morgan fingerprint density at radius 2 is 2.20 bits per heavy atom. The Bertz CT molecular complexity index is 568. The molecular weight excluding hydrogens is 254 g/mol. The topological polar surface area (TPSA) is 60.2 Å². The predicted molar refractivity (Wildman–Crippen MR) is 74.9 cm³/mol. The van der Waals surface area contributed by atoms with Crippen LogP contribution in [0, 0.1) is 0 Å². The zero-order valence-electron chi connectivity index (χ0n) is 11.6. The molecule has 5 heteroatoms. The van der Waals surface area contributed by atoms with E-state index < -0.39 is 0 Å². The summed E-state index contributed by atoms with van der Waals surface area (Å²) in [6, 6.07) is 8.11. The smallest absolute Gasteiger partial charge is 0.223 e. The maximum atomic E-state index is 5.76. The second-order valence-corrected chi connectivity index (χ2v) is 4.96. The van der Waals surface area contributed by atoms with E-state index in [2.05, 4.69) is 28.5 Å². The van der Waals surface area contributed by atoms with Crippen molar-refractivity contribution in [1.29, 1.82) is 0 Å². The van der Waals surface area contributed by atoms with Gasteiger partial charge in [-0.2, -0.15) is 0 Å². The van der Waals surface area contributed by atoms with Gasteiger partial charge in [0.15, 0.2) is 0 Å². The van der Waals surface area contributed by atoms with Crippen LogP contribution in [0.25, 0.3) is 0 Å². The molecule has 20 heavy (non-hydrogen) atoms. The summed E-state index contributed by atoms with van der Waals surface area (Å²) in [5, 5.41) is 11.5. The van der Waals surface area contributed by atoms with Gasteiger partial charge >= 0.3 is 0 Å². The van der Waals surface area contributed by atoms with Crippen LogP contribution < -0.4 is 10.1 Å². The van der Waals surface area contributed by atoms with Crippen LogP contribution in [0.15, 0.2) is 28.7 Å². The first kappa shape index (κ1) is 13.1. The van der Waals surface area contributed by atoms with E-state index in [9.17, 15) is 0 Å². The average molecular weight is 273 g/mol. The number of para-hydroxylation sites is 1. The zero-order valence-corrected chi connectivity index (χ0v) is 11.6. The molecule has 0 amide bonds. The normalized spacial score (nSPS) is 17.6. The van der Waals surface area contributed by atoms with Gasteiger partial charge in [0.25, 0.3) is 0 Å². The Morgan fingerprint density at radius 1 is 1.30 bits per heavy atom. The molecule has 2 heterocycles. The molecule has 1 aliphatic rings. The molecule has 0 aliphatic carbocycles. The minimum absolute atomic E-state index is 0.158. The van der Waals surface area contributed by atoms with Gasteiger partial charge in [-0.3, -0.25) is 0 Å². The van der Waals surface area contributed by atoms with Crippen LogP contribution in [-0.4, -0.2) is 29.9 Å². The second-order valence-electron chi connectivity index (χ2n) is 4.96. The molecule has 1 aliphatic heterocycles. The maximum absolute atomic E-state index is 5.76. The molecule has 2 aromatic rings. The van der Waals surface area contributed by atoms with Crippen molar-refractivity contribution in [3.05, 3.63) is 41.6 Å². The first-order valence-electron chi connectivity index (χ1n) is 7.10. The van der Waals surface area contributed by atoms with Crippen LogP contribution in [0.3, 0.4) is 0 Å². The van der Waals surface area contributed by atoms with Gasteiger partial charge in [0.1, 0.15) is 12.4 Å². The van der Waals surface area contributed by atoms with Gasteiger partial charge in [0, 0.05) is 13.0 Å². The van der Waals surface area contributed by atoms with Crippen LogP contribution in [0.1, 0.15) is 30.2 Å². The Labute approximate surface area is 118 Å². The lowest BCUT2D eigenvalue weighted by atomic mass is 9.97. The number of hydrogen-bond acceptors (Lipinski definition) is 5. The Morgan fingerprint density at radius 3 is 3.10 bits per heavy atom. The second kappa shape index (κ2) is 6.05. The molecule has 1 atom stereocenters. The highest BCUT2D eigenvalue weighted by molar-refractivity contribution is 5.36. The third-order valence-electron chi connectivity index (χ3n) is 3.48. The number of nitrogens with one attached hydrogen (secondary N) is 1. The largest absolute Gasteiger partial charge is 0.492 e. The molecule has 0 fully saturated rings. The van der Waals surface area contributed by atoms with Crippen LogP contribution in [0.4, 0.5) is 0 Å². The highest BCUT2D eigenvalue weighted by Gasteiger charge is 2.25. The highest BCUT2D eigenvalue weighted by Crippen LogP contribution is 2.31. The number of fused-ring (bicyclic) bond motifs is 1. The number of aromatic nitrogens is 2. The van der Waals surface area contributed by atoms with Crippen LogP contribution in [0.2, 0.25) is 0 Å². The van der Waals surface area contributed by atoms with Gasteiger partial charge in [-0.05, 0) is 24.6 Å². The highest BCUT2D eigenvalue weighted by atomic mass is 16.5. The molecule has 0 saturated carbocycles. The summed E-state index contributed by atoms with van der Waals surface area (Å²) in [4.78, 5) is 0. The van der Waals surface area contributed by atoms with Gasteiger partial charge in [-0.1, -0.05) is 25.1 Å². The lowest BCUT2D eigenvalue weighted by Crippen LogP contribution is -2.19. The SMILES string of the molecule is CCNCCc1nnc(C2COc3ccccc3C2)o1. The van der Waals surface area contributed by atoms with Crippen molar-refractivity contribution in [3.8, 4) is 5.75 Å². The van der Waals surface area contributed by atoms with Gasteiger partial charge in [-0.15, -0.1) is 10.2 Å². The molecule has 106 valence electrons. The number of rotatable bonds is 5. The van der Waals surface area contributed by atoms with E-state index in [1.807, 2.05) is 18.2 Å². The average Bonchev–Trinajstić information content (AvgIpc) is 2.96. The summed E-state index contributed by atoms with van der Waals surface area (Å²) >= 11 is 0. The molecule has 5 nitrogen and oxygen atoms in total. The van der Waals surface area contributed by atoms with Crippen molar-refractivity contribution in [2.45, 2.75) is 25.7 Å². The summed E-state index contributed by atoms with van der Waals surface area (Å²) < 4.78 is 11.5. The van der Waals surface area contributed by atoms with E-state index in [1.54, 1.807) is 0 Å². The zero-order chi connectivity index (χ0) is 13.8. The molecule has 1 N–H and O–H groups in total. The fourth-order valence-corrected chi connectivity index (χ4v) is 2.39. The first-order chi connectivity index (χ1) is 9.86. The summed E-state index contributed by atoms with van der Waals surface area (Å²) in [5.41, 5.74) is 1.20. The van der Waals surface area contributed by atoms with Crippen LogP contribution in [0.5, 0.6) is 5.75 Å². The number of benzene rings is 1. The van der Waals surface area contributed by atoms with E-state index in [-0.39, 0.29) is 5.92 Å². The molecule has 0 radical (unpaired) electrons. The van der Waals surface area contributed by atoms with Gasteiger partial charge in [0.2, 0.25) is 11.8 Å². The Balaban J connectivity index is 1.66. The first-order valence-corrected chi connectivity index (χ1v) is 7.10. The van der Waals surface area contributed by atoms with E-state index in [1.165, 1.54) is 5.56 Å². The monoisotopic (exact) mass is 273 g/mol. The Hall–Kier alpha value is -1.88. The fraction of sp³-hybridized carbons (Fsp3) is 0.467. The van der Waals surface area contributed by atoms with E-state index >= 15 is 0 Å². The Kier molecular flexibility index (Phi) is 3.97. The van der Waals surface area contributed by atoms with Crippen molar-refractivity contribution >= 4 is 0 Å². The van der Waals surface area contributed by atoms with E-state index in [0.717, 1.165) is 31.7 Å². The third kappa shape index (κ3) is 2.82. The number of nitrogens with zero attached hydrogens (tertiary/aromatic N) is 2. The number of hydrogen-bond donors (Lipinski definition) is 1. The molecule has 1 unspecified atom stereocenters. The molecule has 1 aromatic heterocycles. The molecule has 0 spiro atoms.